The van der Waals surface area contributed by atoms with Gasteiger partial charge in [0.2, 0.25) is 0 Å². The Bertz CT molecular complexity index is 685. The van der Waals surface area contributed by atoms with Crippen molar-refractivity contribution in [3.05, 3.63) is 64.7 Å². The number of rotatable bonds is 2. The van der Waals surface area contributed by atoms with E-state index in [4.69, 9.17) is 0 Å². The van der Waals surface area contributed by atoms with Gasteiger partial charge in [-0.25, -0.2) is 17.6 Å². The van der Waals surface area contributed by atoms with Crippen LogP contribution in [-0.2, 0) is 0 Å². The van der Waals surface area contributed by atoms with E-state index in [1.165, 1.54) is 13.0 Å². The van der Waals surface area contributed by atoms with Gasteiger partial charge in [0.1, 0.15) is 11.6 Å². The molecule has 0 fully saturated rings. The minimum atomic E-state index is -1.41. The lowest BCUT2D eigenvalue weighted by Gasteiger charge is -2.09. The first kappa shape index (κ1) is 14.0. The molecule has 0 aliphatic rings. The van der Waals surface area contributed by atoms with Crippen molar-refractivity contribution in [3.63, 3.8) is 0 Å². The molecule has 0 aliphatic heterocycles. The number of carbonyl (C=O) groups is 1. The normalized spacial score (nSPS) is 10.4. The summed E-state index contributed by atoms with van der Waals surface area (Å²) in [6.45, 7) is 1.49. The lowest BCUT2D eigenvalue weighted by atomic mass is 10.1. The number of halogens is 4. The molecule has 0 heterocycles. The Kier molecular flexibility index (Phi) is 3.74. The third-order valence-electron chi connectivity index (χ3n) is 2.67. The molecule has 104 valence electrons. The Balaban J connectivity index is 2.32. The Morgan fingerprint density at radius 2 is 1.70 bits per heavy atom. The molecule has 0 aliphatic carbocycles. The summed E-state index contributed by atoms with van der Waals surface area (Å²) in [7, 11) is 0. The van der Waals surface area contributed by atoms with Crippen LogP contribution in [0, 0.1) is 30.2 Å². The molecule has 0 bridgehead atoms. The van der Waals surface area contributed by atoms with Gasteiger partial charge in [0.25, 0.3) is 5.91 Å². The standard InChI is InChI=1S/C14H9F4NO/c1-7-4-8(15)2-3-10(7)14(20)19-12-6-9(16)5-11(17)13(12)18/h2-6H,1H3,(H,19,20). The molecule has 6 heteroatoms. The van der Waals surface area contributed by atoms with Crippen LogP contribution in [0.3, 0.4) is 0 Å². The van der Waals surface area contributed by atoms with E-state index in [0.717, 1.165) is 12.1 Å². The largest absolute Gasteiger partial charge is 0.319 e. The van der Waals surface area contributed by atoms with Gasteiger partial charge in [-0.15, -0.1) is 0 Å². The summed E-state index contributed by atoms with van der Waals surface area (Å²) in [6, 6.07) is 4.42. The van der Waals surface area contributed by atoms with Crippen molar-refractivity contribution in [2.75, 3.05) is 5.32 Å². The maximum atomic E-state index is 13.4. The molecule has 2 aromatic rings. The molecule has 0 atom stereocenters. The van der Waals surface area contributed by atoms with E-state index in [1.54, 1.807) is 0 Å². The first-order valence-electron chi connectivity index (χ1n) is 5.60. The Morgan fingerprint density at radius 1 is 1.00 bits per heavy atom. The maximum absolute atomic E-state index is 13.4. The van der Waals surface area contributed by atoms with Crippen LogP contribution in [0.1, 0.15) is 15.9 Å². The molecular formula is C14H9F4NO. The van der Waals surface area contributed by atoms with Crippen LogP contribution >= 0.6 is 0 Å². The second-order valence-corrected chi connectivity index (χ2v) is 4.16. The molecule has 1 N–H and O–H groups in total. The minimum Gasteiger partial charge on any atom is -0.319 e. The summed E-state index contributed by atoms with van der Waals surface area (Å²) in [6.07, 6.45) is 0. The van der Waals surface area contributed by atoms with Crippen LogP contribution in [0.25, 0.3) is 0 Å². The van der Waals surface area contributed by atoms with E-state index in [1.807, 2.05) is 0 Å². The van der Waals surface area contributed by atoms with Gasteiger partial charge in [-0.05, 0) is 30.7 Å². The van der Waals surface area contributed by atoms with E-state index >= 15 is 0 Å². The van der Waals surface area contributed by atoms with E-state index in [2.05, 4.69) is 5.32 Å². The molecule has 0 unspecified atom stereocenters. The van der Waals surface area contributed by atoms with Crippen LogP contribution in [0.15, 0.2) is 30.3 Å². The van der Waals surface area contributed by atoms with Gasteiger partial charge in [-0.3, -0.25) is 4.79 Å². The highest BCUT2D eigenvalue weighted by molar-refractivity contribution is 6.05. The topological polar surface area (TPSA) is 29.1 Å². The summed E-state index contributed by atoms with van der Waals surface area (Å²) in [5.74, 6) is -5.10. The van der Waals surface area contributed by atoms with Crippen molar-refractivity contribution >= 4 is 11.6 Å². The van der Waals surface area contributed by atoms with Crippen molar-refractivity contribution in [1.82, 2.24) is 0 Å². The first-order valence-corrected chi connectivity index (χ1v) is 5.60. The van der Waals surface area contributed by atoms with Crippen LogP contribution in [0.4, 0.5) is 23.2 Å². The average molecular weight is 283 g/mol. The third-order valence-corrected chi connectivity index (χ3v) is 2.67. The molecule has 1 amide bonds. The molecule has 0 saturated carbocycles. The monoisotopic (exact) mass is 283 g/mol. The molecule has 0 saturated heterocycles. The van der Waals surface area contributed by atoms with Crippen LogP contribution in [-0.4, -0.2) is 5.91 Å². The smallest absolute Gasteiger partial charge is 0.256 e. The first-order chi connectivity index (χ1) is 9.38. The van der Waals surface area contributed by atoms with Crippen molar-refractivity contribution in [3.8, 4) is 0 Å². The lowest BCUT2D eigenvalue weighted by Crippen LogP contribution is -2.15. The molecule has 2 aromatic carbocycles. The predicted molar refractivity (Wildman–Crippen MR) is 65.4 cm³/mol. The third kappa shape index (κ3) is 2.79. The van der Waals surface area contributed by atoms with Gasteiger partial charge in [0.15, 0.2) is 11.6 Å². The Morgan fingerprint density at radius 3 is 2.35 bits per heavy atom. The van der Waals surface area contributed by atoms with Gasteiger partial charge < -0.3 is 5.32 Å². The summed E-state index contributed by atoms with van der Waals surface area (Å²) in [5, 5.41) is 2.05. The van der Waals surface area contributed by atoms with Gasteiger partial charge in [-0.1, -0.05) is 0 Å². The number of amides is 1. The van der Waals surface area contributed by atoms with Crippen molar-refractivity contribution in [1.29, 1.82) is 0 Å². The van der Waals surface area contributed by atoms with Gasteiger partial charge in [0.05, 0.1) is 5.69 Å². The van der Waals surface area contributed by atoms with Crippen LogP contribution in [0.2, 0.25) is 0 Å². The SMILES string of the molecule is Cc1cc(F)ccc1C(=O)Nc1cc(F)cc(F)c1F. The number of hydrogen-bond donors (Lipinski definition) is 1. The number of nitrogens with one attached hydrogen (secondary N) is 1. The van der Waals surface area contributed by atoms with Crippen LogP contribution in [0.5, 0.6) is 0 Å². The summed E-state index contributed by atoms with van der Waals surface area (Å²) in [4.78, 5) is 11.9. The minimum absolute atomic E-state index is 0.0791. The number of benzene rings is 2. The second-order valence-electron chi connectivity index (χ2n) is 4.16. The fraction of sp³-hybridized carbons (Fsp3) is 0.0714. The number of aryl methyl sites for hydroxylation is 1. The molecular weight excluding hydrogens is 274 g/mol. The van der Waals surface area contributed by atoms with E-state index < -0.39 is 34.9 Å². The molecule has 2 rings (SSSR count). The Labute approximate surface area is 112 Å². The number of carbonyl (C=O) groups excluding carboxylic acids is 1. The fourth-order valence-electron chi connectivity index (χ4n) is 1.72. The maximum Gasteiger partial charge on any atom is 0.256 e. The highest BCUT2D eigenvalue weighted by Gasteiger charge is 2.16. The highest BCUT2D eigenvalue weighted by atomic mass is 19.2. The second kappa shape index (κ2) is 5.32. The van der Waals surface area contributed by atoms with Crippen molar-refractivity contribution < 1.29 is 22.4 Å². The highest BCUT2D eigenvalue weighted by Crippen LogP contribution is 2.20. The molecule has 0 radical (unpaired) electrons. The molecule has 0 aromatic heterocycles. The quantitative estimate of drug-likeness (QED) is 0.659. The number of hydrogen-bond acceptors (Lipinski definition) is 1. The lowest BCUT2D eigenvalue weighted by molar-refractivity contribution is 0.102. The summed E-state index contributed by atoms with van der Waals surface area (Å²) < 4.78 is 52.3. The van der Waals surface area contributed by atoms with E-state index in [9.17, 15) is 22.4 Å². The Hall–Kier alpha value is -2.37. The van der Waals surface area contributed by atoms with E-state index in [0.29, 0.717) is 17.7 Å². The van der Waals surface area contributed by atoms with E-state index in [-0.39, 0.29) is 5.56 Å². The predicted octanol–water partition coefficient (Wildman–Crippen LogP) is 3.80. The average Bonchev–Trinajstić information content (AvgIpc) is 2.35. The summed E-state index contributed by atoms with van der Waals surface area (Å²) >= 11 is 0. The molecule has 20 heavy (non-hydrogen) atoms. The zero-order chi connectivity index (χ0) is 14.9. The van der Waals surface area contributed by atoms with Gasteiger partial charge >= 0.3 is 0 Å². The fourth-order valence-corrected chi connectivity index (χ4v) is 1.72. The van der Waals surface area contributed by atoms with Crippen molar-refractivity contribution in [2.24, 2.45) is 0 Å². The van der Waals surface area contributed by atoms with Gasteiger partial charge in [0, 0.05) is 17.7 Å². The van der Waals surface area contributed by atoms with Gasteiger partial charge in [-0.2, -0.15) is 0 Å². The van der Waals surface area contributed by atoms with Crippen LogP contribution < -0.4 is 5.32 Å². The zero-order valence-electron chi connectivity index (χ0n) is 10.3. The van der Waals surface area contributed by atoms with Crippen molar-refractivity contribution in [2.45, 2.75) is 6.92 Å². The molecule has 2 nitrogen and oxygen atoms in total. The zero-order valence-corrected chi connectivity index (χ0v) is 10.3. The summed E-state index contributed by atoms with van der Waals surface area (Å²) in [5.41, 5.74) is -0.216. The number of anilines is 1. The molecule has 0 spiro atoms.